The van der Waals surface area contributed by atoms with Crippen molar-refractivity contribution in [1.82, 2.24) is 10.3 Å². The number of nitrogens with zero attached hydrogens (tertiary/aromatic N) is 3. The number of nitrogens with one attached hydrogen (secondary N) is 1. The van der Waals surface area contributed by atoms with Gasteiger partial charge in [-0.2, -0.15) is 5.26 Å². The third-order valence-electron chi connectivity index (χ3n) is 2.60. The fraction of sp³-hybridized carbons (Fsp3) is 0.455. The molecule has 1 aromatic heterocycles. The molecule has 1 N–H and O–H groups in total. The van der Waals surface area contributed by atoms with E-state index in [1.54, 1.807) is 6.20 Å². The maximum atomic E-state index is 8.96. The maximum absolute atomic E-state index is 8.96. The summed E-state index contributed by atoms with van der Waals surface area (Å²) in [6.07, 6.45) is 1.66. The molecule has 1 aromatic rings. The number of hydrogen-bond donors (Lipinski definition) is 1. The van der Waals surface area contributed by atoms with Gasteiger partial charge in [-0.25, -0.2) is 4.98 Å². The van der Waals surface area contributed by atoms with Crippen LogP contribution in [0.25, 0.3) is 0 Å². The lowest BCUT2D eigenvalue weighted by Gasteiger charge is -2.33. The van der Waals surface area contributed by atoms with E-state index in [0.29, 0.717) is 11.7 Å². The Bertz CT molecular complexity index is 382. The first kappa shape index (κ1) is 9.94. The zero-order valence-corrected chi connectivity index (χ0v) is 8.77. The smallest absolute Gasteiger partial charge is 0.163 e. The summed E-state index contributed by atoms with van der Waals surface area (Å²) in [5.74, 6) is 0. The van der Waals surface area contributed by atoms with Crippen LogP contribution in [-0.2, 0) is 0 Å². The second kappa shape index (κ2) is 4.28. The van der Waals surface area contributed by atoms with E-state index in [1.165, 1.54) is 0 Å². The Kier molecular flexibility index (Phi) is 2.84. The first-order chi connectivity index (χ1) is 7.31. The zero-order valence-electron chi connectivity index (χ0n) is 8.77. The molecule has 1 saturated heterocycles. The summed E-state index contributed by atoms with van der Waals surface area (Å²) < 4.78 is 0. The monoisotopic (exact) mass is 202 g/mol. The molecule has 0 bridgehead atoms. The first-order valence-corrected chi connectivity index (χ1v) is 5.14. The van der Waals surface area contributed by atoms with E-state index >= 15 is 0 Å². The standard InChI is InChI=1S/C11H14N4/c1-9-8-15(6-5-13-9)11-3-2-4-14-10(11)7-12/h2-4,9,13H,5-6,8H2,1H3/t9-/m1/s1. The van der Waals surface area contributed by atoms with Crippen LogP contribution in [0, 0.1) is 11.3 Å². The molecular formula is C11H14N4. The van der Waals surface area contributed by atoms with Gasteiger partial charge < -0.3 is 10.2 Å². The van der Waals surface area contributed by atoms with Crippen LogP contribution in [0.3, 0.4) is 0 Å². The van der Waals surface area contributed by atoms with Gasteiger partial charge in [0, 0.05) is 31.9 Å². The largest absolute Gasteiger partial charge is 0.366 e. The molecule has 2 heterocycles. The summed E-state index contributed by atoms with van der Waals surface area (Å²) in [7, 11) is 0. The molecule has 0 aromatic carbocycles. The highest BCUT2D eigenvalue weighted by atomic mass is 15.2. The van der Waals surface area contributed by atoms with Gasteiger partial charge in [0.1, 0.15) is 6.07 Å². The fourth-order valence-electron chi connectivity index (χ4n) is 1.89. The second-order valence-electron chi connectivity index (χ2n) is 3.78. The normalized spacial score (nSPS) is 21.1. The van der Waals surface area contributed by atoms with Crippen molar-refractivity contribution >= 4 is 5.69 Å². The van der Waals surface area contributed by atoms with Gasteiger partial charge in [0.15, 0.2) is 5.69 Å². The number of rotatable bonds is 1. The van der Waals surface area contributed by atoms with E-state index in [2.05, 4.69) is 28.2 Å². The van der Waals surface area contributed by atoms with Crippen molar-refractivity contribution in [3.8, 4) is 6.07 Å². The van der Waals surface area contributed by atoms with Crippen LogP contribution >= 0.6 is 0 Å². The van der Waals surface area contributed by atoms with Crippen LogP contribution in [0.15, 0.2) is 18.3 Å². The van der Waals surface area contributed by atoms with E-state index in [0.717, 1.165) is 25.3 Å². The van der Waals surface area contributed by atoms with E-state index in [-0.39, 0.29) is 0 Å². The van der Waals surface area contributed by atoms with Crippen molar-refractivity contribution in [3.05, 3.63) is 24.0 Å². The van der Waals surface area contributed by atoms with Crippen molar-refractivity contribution in [2.45, 2.75) is 13.0 Å². The van der Waals surface area contributed by atoms with Crippen LogP contribution < -0.4 is 10.2 Å². The maximum Gasteiger partial charge on any atom is 0.163 e. The Hall–Kier alpha value is -1.60. The van der Waals surface area contributed by atoms with Crippen molar-refractivity contribution in [3.63, 3.8) is 0 Å². The molecule has 0 amide bonds. The van der Waals surface area contributed by atoms with E-state index < -0.39 is 0 Å². The summed E-state index contributed by atoms with van der Waals surface area (Å²) in [6.45, 7) is 4.97. The molecule has 1 aliphatic rings. The average Bonchev–Trinajstić information content (AvgIpc) is 2.29. The van der Waals surface area contributed by atoms with Crippen LogP contribution in [0.4, 0.5) is 5.69 Å². The molecule has 0 radical (unpaired) electrons. The van der Waals surface area contributed by atoms with Gasteiger partial charge >= 0.3 is 0 Å². The van der Waals surface area contributed by atoms with Gasteiger partial charge in [0.2, 0.25) is 0 Å². The van der Waals surface area contributed by atoms with E-state index in [1.807, 2.05) is 12.1 Å². The minimum absolute atomic E-state index is 0.463. The second-order valence-corrected chi connectivity index (χ2v) is 3.78. The van der Waals surface area contributed by atoms with Crippen LogP contribution in [0.5, 0.6) is 0 Å². The number of nitriles is 1. The van der Waals surface area contributed by atoms with Crippen molar-refractivity contribution in [1.29, 1.82) is 5.26 Å². The molecule has 1 aliphatic heterocycles. The summed E-state index contributed by atoms with van der Waals surface area (Å²) in [5, 5.41) is 12.3. The Labute approximate surface area is 89.5 Å². The lowest BCUT2D eigenvalue weighted by atomic mass is 10.2. The Morgan fingerprint density at radius 1 is 1.67 bits per heavy atom. The molecule has 0 unspecified atom stereocenters. The number of piperazine rings is 1. The summed E-state index contributed by atoms with van der Waals surface area (Å²) in [6, 6.07) is 6.44. The highest BCUT2D eigenvalue weighted by Crippen LogP contribution is 2.18. The molecular weight excluding hydrogens is 188 g/mol. The molecule has 4 heteroatoms. The van der Waals surface area contributed by atoms with Crippen LogP contribution in [-0.4, -0.2) is 30.7 Å². The van der Waals surface area contributed by atoms with E-state index in [4.69, 9.17) is 5.26 Å². The number of pyridine rings is 1. The minimum atomic E-state index is 0.463. The minimum Gasteiger partial charge on any atom is -0.366 e. The Morgan fingerprint density at radius 3 is 3.27 bits per heavy atom. The molecule has 78 valence electrons. The van der Waals surface area contributed by atoms with Gasteiger partial charge in [-0.3, -0.25) is 0 Å². The van der Waals surface area contributed by atoms with Gasteiger partial charge in [0.05, 0.1) is 5.69 Å². The van der Waals surface area contributed by atoms with Gasteiger partial charge in [0.25, 0.3) is 0 Å². The van der Waals surface area contributed by atoms with Crippen molar-refractivity contribution < 1.29 is 0 Å². The summed E-state index contributed by atoms with van der Waals surface area (Å²) in [4.78, 5) is 6.29. The predicted octanol–water partition coefficient (Wildman–Crippen LogP) is 0.751. The lowest BCUT2D eigenvalue weighted by Crippen LogP contribution is -2.49. The fourth-order valence-corrected chi connectivity index (χ4v) is 1.89. The van der Waals surface area contributed by atoms with Crippen LogP contribution in [0.1, 0.15) is 12.6 Å². The number of aromatic nitrogens is 1. The topological polar surface area (TPSA) is 52.0 Å². The van der Waals surface area contributed by atoms with Gasteiger partial charge in [-0.05, 0) is 19.1 Å². The molecule has 0 spiro atoms. The van der Waals surface area contributed by atoms with Crippen molar-refractivity contribution in [2.75, 3.05) is 24.5 Å². The molecule has 0 saturated carbocycles. The SMILES string of the molecule is C[C@@H]1CN(c2cccnc2C#N)CCN1. The predicted molar refractivity (Wildman–Crippen MR) is 58.6 cm³/mol. The quantitative estimate of drug-likeness (QED) is 0.730. The Morgan fingerprint density at radius 2 is 2.53 bits per heavy atom. The lowest BCUT2D eigenvalue weighted by molar-refractivity contribution is 0.484. The summed E-state index contributed by atoms with van der Waals surface area (Å²) in [5.41, 5.74) is 1.47. The number of hydrogen-bond acceptors (Lipinski definition) is 4. The molecule has 15 heavy (non-hydrogen) atoms. The Balaban J connectivity index is 2.25. The highest BCUT2D eigenvalue weighted by Gasteiger charge is 2.18. The average molecular weight is 202 g/mol. The highest BCUT2D eigenvalue weighted by molar-refractivity contribution is 5.56. The first-order valence-electron chi connectivity index (χ1n) is 5.14. The summed E-state index contributed by atoms with van der Waals surface area (Å²) >= 11 is 0. The molecule has 2 rings (SSSR count). The third kappa shape index (κ3) is 2.08. The molecule has 0 aliphatic carbocycles. The molecule has 1 atom stereocenters. The van der Waals surface area contributed by atoms with Crippen LogP contribution in [0.2, 0.25) is 0 Å². The van der Waals surface area contributed by atoms with Crippen molar-refractivity contribution in [2.24, 2.45) is 0 Å². The zero-order chi connectivity index (χ0) is 10.7. The third-order valence-corrected chi connectivity index (χ3v) is 2.60. The van der Waals surface area contributed by atoms with Gasteiger partial charge in [-0.1, -0.05) is 0 Å². The van der Waals surface area contributed by atoms with Gasteiger partial charge in [-0.15, -0.1) is 0 Å². The number of anilines is 1. The van der Waals surface area contributed by atoms with E-state index in [9.17, 15) is 0 Å². The molecule has 4 nitrogen and oxygen atoms in total. The molecule has 1 fully saturated rings.